The first kappa shape index (κ1) is 23.6. The first-order chi connectivity index (χ1) is 15.6. The van der Waals surface area contributed by atoms with Crippen LogP contribution in [0.4, 0.5) is 11.5 Å². The van der Waals surface area contributed by atoms with Crippen molar-refractivity contribution in [3.63, 3.8) is 0 Å². The van der Waals surface area contributed by atoms with Crippen molar-refractivity contribution in [1.82, 2.24) is 9.97 Å². The number of hydrogen-bond donors (Lipinski definition) is 0. The zero-order valence-corrected chi connectivity index (χ0v) is 21.9. The molecule has 0 N–H and O–H groups in total. The van der Waals surface area contributed by atoms with E-state index in [1.165, 1.54) is 0 Å². The fraction of sp³-hybridized carbons (Fsp3) is 0.360. The van der Waals surface area contributed by atoms with Gasteiger partial charge in [-0.15, -0.1) is 0 Å². The maximum Gasteiger partial charge on any atom is 0.179 e. The van der Waals surface area contributed by atoms with Crippen molar-refractivity contribution >= 4 is 36.7 Å². The summed E-state index contributed by atoms with van der Waals surface area (Å²) in [6.07, 6.45) is 7.43. The van der Waals surface area contributed by atoms with E-state index in [1.54, 1.807) is 31.3 Å². The largest absolute Gasteiger partial charge is 0.364 e. The van der Waals surface area contributed by atoms with E-state index in [9.17, 15) is 4.79 Å². The molecule has 0 aliphatic carbocycles. The Kier molecular flexibility index (Phi) is 6.44. The summed E-state index contributed by atoms with van der Waals surface area (Å²) in [7, 11) is -0.441. The Bertz CT molecular complexity index is 1190. The number of nitrogens with zero attached hydrogens (tertiary/aromatic N) is 4. The van der Waals surface area contributed by atoms with Crippen molar-refractivity contribution in [2.45, 2.75) is 55.4 Å². The van der Waals surface area contributed by atoms with Crippen LogP contribution in [-0.2, 0) is 11.3 Å². The maximum absolute atomic E-state index is 13.4. The number of pyridine rings is 1. The molecule has 0 saturated heterocycles. The van der Waals surface area contributed by atoms with Crippen molar-refractivity contribution in [2.75, 3.05) is 18.7 Å². The molecule has 0 unspecified atom stereocenters. The van der Waals surface area contributed by atoms with Gasteiger partial charge in [-0.1, -0.05) is 51.7 Å². The summed E-state index contributed by atoms with van der Waals surface area (Å²) in [5.74, 6) is 0.809. The van der Waals surface area contributed by atoms with Gasteiger partial charge in [-0.2, -0.15) is 0 Å². The van der Waals surface area contributed by atoms with E-state index < -0.39 is 8.07 Å². The number of carbonyl (C=O) groups is 1. The Labute approximate surface area is 201 Å². The van der Waals surface area contributed by atoms with E-state index in [0.717, 1.165) is 32.6 Å². The molecule has 0 bridgehead atoms. The molecule has 2 aromatic heterocycles. The van der Waals surface area contributed by atoms with Gasteiger partial charge in [0.25, 0.3) is 0 Å². The average molecular weight is 480 g/mol. The van der Waals surface area contributed by atoms with Crippen LogP contribution in [0.1, 0.15) is 36.7 Å². The highest BCUT2D eigenvalue weighted by Crippen LogP contribution is 2.46. The molecule has 172 valence electrons. The lowest BCUT2D eigenvalue weighted by molar-refractivity contribution is -0.688. The number of benzene rings is 1. The van der Waals surface area contributed by atoms with E-state index in [-0.39, 0.29) is 5.04 Å². The molecule has 3 heterocycles. The minimum absolute atomic E-state index is 0.00487. The van der Waals surface area contributed by atoms with Crippen LogP contribution in [0.15, 0.2) is 65.0 Å². The normalized spacial score (nSPS) is 13.5. The molecule has 1 aliphatic rings. The summed E-state index contributed by atoms with van der Waals surface area (Å²) in [4.78, 5) is 25.5. The average Bonchev–Trinajstić information content (AvgIpc) is 2.78. The summed E-state index contributed by atoms with van der Waals surface area (Å²) in [6, 6.07) is 10.3. The smallest absolute Gasteiger partial charge is 0.179 e. The number of rotatable bonds is 6. The zero-order chi connectivity index (χ0) is 23.8. The Morgan fingerprint density at radius 1 is 1.18 bits per heavy atom. The fourth-order valence-corrected chi connectivity index (χ4v) is 6.22. The van der Waals surface area contributed by atoms with Gasteiger partial charge < -0.3 is 4.74 Å². The number of fused-ring (bicyclic) bond motifs is 2. The van der Waals surface area contributed by atoms with Gasteiger partial charge in [-0.3, -0.25) is 9.69 Å². The molecular weight excluding hydrogens is 448 g/mol. The lowest BCUT2D eigenvalue weighted by Crippen LogP contribution is -2.47. The number of hydrogen-bond acceptors (Lipinski definition) is 6. The lowest BCUT2D eigenvalue weighted by atomic mass is 10.1. The Balaban J connectivity index is 1.63. The minimum atomic E-state index is -2.12. The molecule has 4 rings (SSSR count). The van der Waals surface area contributed by atoms with E-state index >= 15 is 0 Å². The third-order valence-electron chi connectivity index (χ3n) is 6.61. The number of anilines is 2. The van der Waals surface area contributed by atoms with Gasteiger partial charge in [0, 0.05) is 36.0 Å². The van der Waals surface area contributed by atoms with Gasteiger partial charge in [0.15, 0.2) is 24.8 Å². The number of methoxy groups -OCH3 is 1. The van der Waals surface area contributed by atoms with Crippen LogP contribution in [0.25, 0.3) is 0 Å². The second kappa shape index (κ2) is 9.00. The van der Waals surface area contributed by atoms with Crippen LogP contribution < -0.4 is 9.47 Å². The molecule has 3 aromatic rings. The molecule has 0 amide bonds. The second-order valence-corrected chi connectivity index (χ2v) is 16.1. The molecule has 1 aromatic carbocycles. The molecule has 0 saturated carbocycles. The molecule has 8 heteroatoms. The summed E-state index contributed by atoms with van der Waals surface area (Å²) in [5.41, 5.74) is 2.99. The minimum Gasteiger partial charge on any atom is -0.364 e. The first-order valence-corrected chi connectivity index (χ1v) is 14.9. The molecule has 0 radical (unpaired) electrons. The summed E-state index contributed by atoms with van der Waals surface area (Å²) >= 11 is 1.62. The molecular formula is C25H31N4O2SSi+. The second-order valence-electron chi connectivity index (χ2n) is 9.90. The topological polar surface area (TPSA) is 59.2 Å². The zero-order valence-electron chi connectivity index (χ0n) is 20.1. The van der Waals surface area contributed by atoms with Gasteiger partial charge in [-0.25, -0.2) is 14.5 Å². The third-order valence-corrected chi connectivity index (χ3v) is 12.8. The molecule has 1 aliphatic heterocycles. The van der Waals surface area contributed by atoms with E-state index in [1.807, 2.05) is 24.5 Å². The van der Waals surface area contributed by atoms with Crippen molar-refractivity contribution in [2.24, 2.45) is 0 Å². The van der Waals surface area contributed by atoms with Crippen LogP contribution in [0.3, 0.4) is 0 Å². The molecule has 0 atom stereocenters. The van der Waals surface area contributed by atoms with Crippen LogP contribution >= 0.6 is 11.8 Å². The van der Waals surface area contributed by atoms with Crippen molar-refractivity contribution in [3.05, 3.63) is 66.2 Å². The van der Waals surface area contributed by atoms with E-state index in [4.69, 9.17) is 4.74 Å². The quantitative estimate of drug-likeness (QED) is 0.356. The van der Waals surface area contributed by atoms with Crippen molar-refractivity contribution < 1.29 is 14.1 Å². The predicted octanol–water partition coefficient (Wildman–Crippen LogP) is 5.25. The SMILES string of the molecule is COCN1c2cc(C[n+]3cccc(C(=O)[Si](C)(C)C(C)(C)C)c3)ccc2Sc2nccnc21. The first-order valence-electron chi connectivity index (χ1n) is 11.0. The van der Waals surface area contributed by atoms with Crippen molar-refractivity contribution in [1.29, 1.82) is 0 Å². The molecule has 6 nitrogen and oxygen atoms in total. The number of ether oxygens (including phenoxy) is 1. The van der Waals surface area contributed by atoms with Crippen LogP contribution in [0.2, 0.25) is 18.1 Å². The lowest BCUT2D eigenvalue weighted by Gasteiger charge is -2.34. The summed E-state index contributed by atoms with van der Waals surface area (Å²) in [6.45, 7) is 11.9. The Hall–Kier alpha value is -2.55. The highest BCUT2D eigenvalue weighted by Gasteiger charge is 2.43. The highest BCUT2D eigenvalue weighted by molar-refractivity contribution is 7.99. The number of carbonyl (C=O) groups excluding carboxylic acids is 1. The monoisotopic (exact) mass is 479 g/mol. The predicted molar refractivity (Wildman–Crippen MR) is 134 cm³/mol. The van der Waals surface area contributed by atoms with Gasteiger partial charge in [0.1, 0.15) is 25.2 Å². The third kappa shape index (κ3) is 4.60. The van der Waals surface area contributed by atoms with Gasteiger partial charge in [0.2, 0.25) is 0 Å². The number of aromatic nitrogens is 3. The maximum atomic E-state index is 13.4. The van der Waals surface area contributed by atoms with Gasteiger partial charge >= 0.3 is 0 Å². The van der Waals surface area contributed by atoms with Gasteiger partial charge in [-0.05, 0) is 23.2 Å². The standard InChI is InChI=1S/C25H31N4O2SSi/c1-25(2,3)33(5,6)24(30)19-8-7-13-28(16-19)15-18-9-10-21-20(14-18)29(17-31-4)22-23(32-21)27-12-11-26-22/h7-14,16H,15,17H2,1-6H3/q+1. The summed E-state index contributed by atoms with van der Waals surface area (Å²) < 4.78 is 7.55. The van der Waals surface area contributed by atoms with Crippen LogP contribution in [0, 0.1) is 0 Å². The van der Waals surface area contributed by atoms with Crippen LogP contribution in [0.5, 0.6) is 0 Å². The fourth-order valence-electron chi connectivity index (χ4n) is 3.68. The van der Waals surface area contributed by atoms with E-state index in [0.29, 0.717) is 18.7 Å². The van der Waals surface area contributed by atoms with Crippen molar-refractivity contribution in [3.8, 4) is 0 Å². The Morgan fingerprint density at radius 2 is 1.94 bits per heavy atom. The van der Waals surface area contributed by atoms with Crippen LogP contribution in [-0.4, -0.2) is 37.3 Å². The summed E-state index contributed by atoms with van der Waals surface area (Å²) in [5, 5.41) is 1.18. The molecule has 33 heavy (non-hydrogen) atoms. The molecule has 0 spiro atoms. The molecule has 0 fully saturated rings. The van der Waals surface area contributed by atoms with Gasteiger partial charge in [0.05, 0.1) is 11.3 Å². The Morgan fingerprint density at radius 3 is 2.67 bits per heavy atom. The highest BCUT2D eigenvalue weighted by atomic mass is 32.2. The van der Waals surface area contributed by atoms with E-state index in [2.05, 4.69) is 71.5 Å².